The predicted octanol–water partition coefficient (Wildman–Crippen LogP) is 0.838. The van der Waals surface area contributed by atoms with Crippen molar-refractivity contribution in [1.29, 1.82) is 0 Å². The van der Waals surface area contributed by atoms with Crippen molar-refractivity contribution in [3.05, 3.63) is 17.5 Å². The molecule has 0 saturated heterocycles. The number of rotatable bonds is 10. The molecule has 1 atom stereocenters. The van der Waals surface area contributed by atoms with Gasteiger partial charge in [0.1, 0.15) is 4.21 Å². The molecule has 0 aliphatic heterocycles. The third-order valence-electron chi connectivity index (χ3n) is 3.10. The highest BCUT2D eigenvalue weighted by molar-refractivity contribution is 7.91. The second-order valence-corrected chi connectivity index (χ2v) is 8.00. The standard InChI is InChI=1S/C14H23N3O4S2/c1-3-11(2)17-13(19)6-8-15-12(18)7-9-16-23(20,21)14-5-4-10-22-14/h4-5,10-11,16H,3,6-9H2,1-2H3,(H,15,18)(H,17,19). The zero-order valence-electron chi connectivity index (χ0n) is 13.3. The van der Waals surface area contributed by atoms with Gasteiger partial charge in [-0.2, -0.15) is 0 Å². The Labute approximate surface area is 140 Å². The lowest BCUT2D eigenvalue weighted by atomic mass is 10.2. The molecule has 23 heavy (non-hydrogen) atoms. The summed E-state index contributed by atoms with van der Waals surface area (Å²) in [6.07, 6.45) is 1.08. The first-order chi connectivity index (χ1) is 10.8. The lowest BCUT2D eigenvalue weighted by Crippen LogP contribution is -2.36. The third-order valence-corrected chi connectivity index (χ3v) is 5.96. The minimum atomic E-state index is -3.54. The van der Waals surface area contributed by atoms with Crippen LogP contribution in [0.1, 0.15) is 33.1 Å². The van der Waals surface area contributed by atoms with Gasteiger partial charge >= 0.3 is 0 Å². The van der Waals surface area contributed by atoms with Crippen LogP contribution in [-0.4, -0.2) is 39.4 Å². The largest absolute Gasteiger partial charge is 0.356 e. The lowest BCUT2D eigenvalue weighted by Gasteiger charge is -2.11. The molecule has 1 unspecified atom stereocenters. The van der Waals surface area contributed by atoms with Crippen molar-refractivity contribution in [2.75, 3.05) is 13.1 Å². The smallest absolute Gasteiger partial charge is 0.250 e. The zero-order valence-corrected chi connectivity index (χ0v) is 14.9. The normalized spacial score (nSPS) is 12.6. The number of sulfonamides is 1. The van der Waals surface area contributed by atoms with E-state index in [0.29, 0.717) is 0 Å². The maximum absolute atomic E-state index is 11.8. The van der Waals surface area contributed by atoms with Crippen LogP contribution in [0.5, 0.6) is 0 Å². The van der Waals surface area contributed by atoms with Gasteiger partial charge in [-0.25, -0.2) is 13.1 Å². The Morgan fingerprint density at radius 1 is 1.22 bits per heavy atom. The van der Waals surface area contributed by atoms with Gasteiger partial charge in [0, 0.05) is 32.0 Å². The molecule has 1 aromatic rings. The molecule has 130 valence electrons. The van der Waals surface area contributed by atoms with Crippen LogP contribution in [0.3, 0.4) is 0 Å². The number of carbonyl (C=O) groups excluding carboxylic acids is 2. The van der Waals surface area contributed by atoms with Gasteiger partial charge in [-0.1, -0.05) is 13.0 Å². The van der Waals surface area contributed by atoms with Gasteiger partial charge in [0.2, 0.25) is 21.8 Å². The van der Waals surface area contributed by atoms with Crippen LogP contribution >= 0.6 is 11.3 Å². The van der Waals surface area contributed by atoms with Crippen molar-refractivity contribution in [3.8, 4) is 0 Å². The lowest BCUT2D eigenvalue weighted by molar-refractivity contribution is -0.122. The van der Waals surface area contributed by atoms with Crippen LogP contribution in [0.15, 0.2) is 21.7 Å². The molecule has 1 aromatic heterocycles. The average Bonchev–Trinajstić information content (AvgIpc) is 3.02. The summed E-state index contributed by atoms with van der Waals surface area (Å²) in [6, 6.07) is 3.27. The first-order valence-electron chi connectivity index (χ1n) is 7.44. The molecule has 3 N–H and O–H groups in total. The van der Waals surface area contributed by atoms with Crippen LogP contribution < -0.4 is 15.4 Å². The molecule has 9 heteroatoms. The Kier molecular flexibility index (Phi) is 8.21. The zero-order chi connectivity index (χ0) is 17.3. The monoisotopic (exact) mass is 361 g/mol. The second-order valence-electron chi connectivity index (χ2n) is 5.06. The summed E-state index contributed by atoms with van der Waals surface area (Å²) in [7, 11) is -3.54. The Morgan fingerprint density at radius 3 is 2.52 bits per heavy atom. The molecule has 0 fully saturated rings. The number of hydrogen-bond acceptors (Lipinski definition) is 5. The molecule has 0 aliphatic rings. The van der Waals surface area contributed by atoms with Crippen LogP contribution in [0.4, 0.5) is 0 Å². The number of nitrogens with one attached hydrogen (secondary N) is 3. The topological polar surface area (TPSA) is 104 Å². The SMILES string of the molecule is CCC(C)NC(=O)CCNC(=O)CCNS(=O)(=O)c1cccs1. The van der Waals surface area contributed by atoms with Crippen molar-refractivity contribution in [2.45, 2.75) is 43.4 Å². The number of hydrogen-bond donors (Lipinski definition) is 3. The first-order valence-corrected chi connectivity index (χ1v) is 9.80. The van der Waals surface area contributed by atoms with Crippen molar-refractivity contribution in [3.63, 3.8) is 0 Å². The Morgan fingerprint density at radius 2 is 1.91 bits per heavy atom. The Hall–Kier alpha value is -1.45. The highest BCUT2D eigenvalue weighted by Crippen LogP contribution is 2.14. The van der Waals surface area contributed by atoms with Gasteiger partial charge in [-0.3, -0.25) is 9.59 Å². The third kappa shape index (κ3) is 7.58. The van der Waals surface area contributed by atoms with E-state index in [1.165, 1.54) is 6.07 Å². The van der Waals surface area contributed by atoms with Gasteiger partial charge in [0.25, 0.3) is 0 Å². The van der Waals surface area contributed by atoms with Crippen LogP contribution in [0.2, 0.25) is 0 Å². The Balaban J connectivity index is 2.19. The number of carbonyl (C=O) groups is 2. The van der Waals surface area contributed by atoms with Crippen LogP contribution in [-0.2, 0) is 19.6 Å². The van der Waals surface area contributed by atoms with Gasteiger partial charge in [-0.05, 0) is 24.8 Å². The van der Waals surface area contributed by atoms with E-state index in [1.54, 1.807) is 11.4 Å². The minimum Gasteiger partial charge on any atom is -0.356 e. The van der Waals surface area contributed by atoms with Gasteiger partial charge < -0.3 is 10.6 Å². The molecule has 0 spiro atoms. The predicted molar refractivity (Wildman–Crippen MR) is 89.6 cm³/mol. The van der Waals surface area contributed by atoms with Crippen molar-refractivity contribution in [1.82, 2.24) is 15.4 Å². The molecule has 0 bridgehead atoms. The maximum atomic E-state index is 11.8. The van der Waals surface area contributed by atoms with Crippen LogP contribution in [0.25, 0.3) is 0 Å². The van der Waals surface area contributed by atoms with Gasteiger partial charge in [-0.15, -0.1) is 11.3 Å². The number of amides is 2. The molecule has 1 rings (SSSR count). The molecule has 0 radical (unpaired) electrons. The summed E-state index contributed by atoms with van der Waals surface area (Å²) in [5.41, 5.74) is 0. The molecule has 0 aliphatic carbocycles. The van der Waals surface area contributed by atoms with Crippen molar-refractivity contribution in [2.24, 2.45) is 0 Å². The van der Waals surface area contributed by atoms with E-state index in [1.807, 2.05) is 13.8 Å². The minimum absolute atomic E-state index is 0.0190. The molecule has 1 heterocycles. The molecular weight excluding hydrogens is 338 g/mol. The highest BCUT2D eigenvalue weighted by Gasteiger charge is 2.15. The van der Waals surface area contributed by atoms with E-state index >= 15 is 0 Å². The molecule has 0 saturated carbocycles. The van der Waals surface area contributed by atoms with E-state index in [4.69, 9.17) is 0 Å². The second kappa shape index (κ2) is 9.64. The van der Waals surface area contributed by atoms with E-state index in [-0.39, 0.29) is 48.0 Å². The van der Waals surface area contributed by atoms with E-state index in [0.717, 1.165) is 17.8 Å². The molecule has 7 nitrogen and oxygen atoms in total. The summed E-state index contributed by atoms with van der Waals surface area (Å²) in [5.74, 6) is -0.409. The fraction of sp³-hybridized carbons (Fsp3) is 0.571. The summed E-state index contributed by atoms with van der Waals surface area (Å²) in [4.78, 5) is 23.1. The quantitative estimate of drug-likeness (QED) is 0.574. The molecule has 0 aromatic carbocycles. The van der Waals surface area contributed by atoms with Crippen LogP contribution in [0, 0.1) is 0 Å². The van der Waals surface area contributed by atoms with E-state index < -0.39 is 10.0 Å². The average molecular weight is 361 g/mol. The fourth-order valence-electron chi connectivity index (χ4n) is 1.64. The number of thiophene rings is 1. The highest BCUT2D eigenvalue weighted by atomic mass is 32.2. The Bertz CT molecular complexity index is 600. The first kappa shape index (κ1) is 19.6. The molecular formula is C14H23N3O4S2. The summed E-state index contributed by atoms with van der Waals surface area (Å²) < 4.78 is 26.2. The maximum Gasteiger partial charge on any atom is 0.250 e. The summed E-state index contributed by atoms with van der Waals surface area (Å²) in [6.45, 7) is 4.14. The van der Waals surface area contributed by atoms with E-state index in [9.17, 15) is 18.0 Å². The molecule has 2 amide bonds. The van der Waals surface area contributed by atoms with Gasteiger partial charge in [0.15, 0.2) is 0 Å². The summed E-state index contributed by atoms with van der Waals surface area (Å²) >= 11 is 1.12. The van der Waals surface area contributed by atoms with E-state index in [2.05, 4.69) is 15.4 Å². The van der Waals surface area contributed by atoms with Crippen molar-refractivity contribution < 1.29 is 18.0 Å². The van der Waals surface area contributed by atoms with Gasteiger partial charge in [0.05, 0.1) is 0 Å². The summed E-state index contributed by atoms with van der Waals surface area (Å²) in [5, 5.41) is 7.07. The fourth-order valence-corrected chi connectivity index (χ4v) is 3.71. The van der Waals surface area contributed by atoms with Crippen molar-refractivity contribution >= 4 is 33.2 Å².